The second-order valence-corrected chi connectivity index (χ2v) is 7.05. The van der Waals surface area contributed by atoms with Crippen LogP contribution in [0.25, 0.3) is 6.08 Å². The Morgan fingerprint density at radius 1 is 1.12 bits per heavy atom. The van der Waals surface area contributed by atoms with E-state index in [1.54, 1.807) is 28.0 Å². The first-order chi connectivity index (χ1) is 11.7. The fourth-order valence-corrected chi connectivity index (χ4v) is 2.62. The highest BCUT2D eigenvalue weighted by molar-refractivity contribution is 5.92. The van der Waals surface area contributed by atoms with Gasteiger partial charge in [-0.3, -0.25) is 19.7 Å². The molecule has 2 rings (SSSR count). The van der Waals surface area contributed by atoms with Gasteiger partial charge in [0.25, 0.3) is 5.69 Å². The zero-order valence-electron chi connectivity index (χ0n) is 14.8. The minimum Gasteiger partial charge on any atom is -0.339 e. The van der Waals surface area contributed by atoms with Crippen LogP contribution in [-0.4, -0.2) is 52.7 Å². The van der Waals surface area contributed by atoms with E-state index >= 15 is 0 Å². The SMILES string of the molecule is CC(C)(C)C(=O)N1CCN(C(=O)/C=C/c2cccc([N+](=O)[O-])c2)CC1. The summed E-state index contributed by atoms with van der Waals surface area (Å²) in [4.78, 5) is 38.3. The average Bonchev–Trinajstić information content (AvgIpc) is 2.58. The van der Waals surface area contributed by atoms with Gasteiger partial charge in [0.1, 0.15) is 0 Å². The summed E-state index contributed by atoms with van der Waals surface area (Å²) in [6.45, 7) is 7.66. The van der Waals surface area contributed by atoms with E-state index in [0.717, 1.165) is 0 Å². The number of nitro groups is 1. The van der Waals surface area contributed by atoms with Gasteiger partial charge in [-0.25, -0.2) is 0 Å². The number of hydrogen-bond acceptors (Lipinski definition) is 4. The zero-order valence-corrected chi connectivity index (χ0v) is 14.8. The monoisotopic (exact) mass is 345 g/mol. The number of carbonyl (C=O) groups is 2. The third kappa shape index (κ3) is 4.89. The molecule has 1 aliphatic rings. The van der Waals surface area contributed by atoms with Gasteiger partial charge in [-0.05, 0) is 11.6 Å². The van der Waals surface area contributed by atoms with E-state index in [1.165, 1.54) is 18.2 Å². The third-order valence-electron chi connectivity index (χ3n) is 4.02. The number of nitro benzene ring substituents is 1. The highest BCUT2D eigenvalue weighted by Gasteiger charge is 2.30. The molecule has 7 heteroatoms. The standard InChI is InChI=1S/C18H23N3O4/c1-18(2,3)17(23)20-11-9-19(10-12-20)16(22)8-7-14-5-4-6-15(13-14)21(24)25/h4-8,13H,9-12H2,1-3H3/b8-7+. The fraction of sp³-hybridized carbons (Fsp3) is 0.444. The molecule has 1 saturated heterocycles. The second-order valence-electron chi connectivity index (χ2n) is 7.05. The molecule has 25 heavy (non-hydrogen) atoms. The fourth-order valence-electron chi connectivity index (χ4n) is 2.62. The summed E-state index contributed by atoms with van der Waals surface area (Å²) >= 11 is 0. The van der Waals surface area contributed by atoms with Crippen LogP contribution in [0.5, 0.6) is 0 Å². The number of nitrogens with zero attached hydrogens (tertiary/aromatic N) is 3. The van der Waals surface area contributed by atoms with Crippen molar-refractivity contribution in [3.05, 3.63) is 46.0 Å². The minimum absolute atomic E-state index is 0.0103. The maximum absolute atomic E-state index is 12.3. The molecule has 1 fully saturated rings. The lowest BCUT2D eigenvalue weighted by Crippen LogP contribution is -2.52. The van der Waals surface area contributed by atoms with Crippen molar-refractivity contribution in [2.45, 2.75) is 20.8 Å². The van der Waals surface area contributed by atoms with Crippen LogP contribution < -0.4 is 0 Å². The highest BCUT2D eigenvalue weighted by Crippen LogP contribution is 2.19. The lowest BCUT2D eigenvalue weighted by atomic mass is 9.94. The predicted molar refractivity (Wildman–Crippen MR) is 94.7 cm³/mol. The summed E-state index contributed by atoms with van der Waals surface area (Å²) in [7, 11) is 0. The molecule has 0 spiro atoms. The molecule has 7 nitrogen and oxygen atoms in total. The summed E-state index contributed by atoms with van der Waals surface area (Å²) in [6.07, 6.45) is 2.99. The van der Waals surface area contributed by atoms with E-state index in [4.69, 9.17) is 0 Å². The Kier molecular flexibility index (Phi) is 5.56. The van der Waals surface area contributed by atoms with Gasteiger partial charge < -0.3 is 9.80 Å². The molecule has 0 bridgehead atoms. The van der Waals surface area contributed by atoms with Crippen molar-refractivity contribution in [2.24, 2.45) is 5.41 Å². The van der Waals surface area contributed by atoms with Crippen LogP contribution in [-0.2, 0) is 9.59 Å². The molecule has 1 aliphatic heterocycles. The number of rotatable bonds is 3. The van der Waals surface area contributed by atoms with Crippen molar-refractivity contribution in [1.82, 2.24) is 9.80 Å². The number of carbonyl (C=O) groups excluding carboxylic acids is 2. The van der Waals surface area contributed by atoms with Crippen molar-refractivity contribution in [2.75, 3.05) is 26.2 Å². The number of hydrogen-bond donors (Lipinski definition) is 0. The first-order valence-electron chi connectivity index (χ1n) is 8.19. The van der Waals surface area contributed by atoms with E-state index in [1.807, 2.05) is 20.8 Å². The Morgan fingerprint density at radius 2 is 1.72 bits per heavy atom. The second kappa shape index (κ2) is 7.46. The summed E-state index contributed by atoms with van der Waals surface area (Å²) < 4.78 is 0. The Bertz CT molecular complexity index is 699. The number of benzene rings is 1. The Labute approximate surface area is 147 Å². The van der Waals surface area contributed by atoms with Crippen molar-refractivity contribution in [3.63, 3.8) is 0 Å². The largest absolute Gasteiger partial charge is 0.339 e. The van der Waals surface area contributed by atoms with Gasteiger partial charge in [-0.15, -0.1) is 0 Å². The maximum Gasteiger partial charge on any atom is 0.270 e. The van der Waals surface area contributed by atoms with Crippen molar-refractivity contribution in [1.29, 1.82) is 0 Å². The van der Waals surface area contributed by atoms with Crippen LogP contribution in [0.1, 0.15) is 26.3 Å². The molecule has 2 amide bonds. The molecule has 0 aliphatic carbocycles. The van der Waals surface area contributed by atoms with Crippen LogP contribution in [0.4, 0.5) is 5.69 Å². The quantitative estimate of drug-likeness (QED) is 0.478. The van der Waals surface area contributed by atoms with Gasteiger partial charge in [-0.2, -0.15) is 0 Å². The molecule has 1 aromatic rings. The smallest absolute Gasteiger partial charge is 0.270 e. The normalized spacial score (nSPS) is 15.5. The van der Waals surface area contributed by atoms with Crippen LogP contribution in [0.2, 0.25) is 0 Å². The Balaban J connectivity index is 1.94. The third-order valence-corrected chi connectivity index (χ3v) is 4.02. The minimum atomic E-state index is -0.468. The zero-order chi connectivity index (χ0) is 18.6. The number of piperazine rings is 1. The van der Waals surface area contributed by atoms with E-state index in [0.29, 0.717) is 31.7 Å². The van der Waals surface area contributed by atoms with Crippen LogP contribution in [0.15, 0.2) is 30.3 Å². The van der Waals surface area contributed by atoms with Gasteiger partial charge >= 0.3 is 0 Å². The van der Waals surface area contributed by atoms with Crippen LogP contribution in [0, 0.1) is 15.5 Å². The molecule has 0 aromatic heterocycles. The molecule has 1 aromatic carbocycles. The summed E-state index contributed by atoms with van der Waals surface area (Å²) in [6, 6.07) is 6.12. The van der Waals surface area contributed by atoms with Crippen LogP contribution >= 0.6 is 0 Å². The average molecular weight is 345 g/mol. The lowest BCUT2D eigenvalue weighted by molar-refractivity contribution is -0.384. The molecule has 134 valence electrons. The molecule has 0 saturated carbocycles. The molecule has 0 N–H and O–H groups in total. The van der Waals surface area contributed by atoms with Crippen molar-refractivity contribution < 1.29 is 14.5 Å². The van der Waals surface area contributed by atoms with Crippen molar-refractivity contribution in [3.8, 4) is 0 Å². The summed E-state index contributed by atoms with van der Waals surface area (Å²) in [5.41, 5.74) is 0.168. The Hall–Kier alpha value is -2.70. The van der Waals surface area contributed by atoms with Gasteiger partial charge in [-0.1, -0.05) is 32.9 Å². The molecular weight excluding hydrogens is 322 g/mol. The Morgan fingerprint density at radius 3 is 2.28 bits per heavy atom. The highest BCUT2D eigenvalue weighted by atomic mass is 16.6. The van der Waals surface area contributed by atoms with E-state index in [9.17, 15) is 19.7 Å². The summed E-state index contributed by atoms with van der Waals surface area (Å²) in [5.74, 6) is -0.0684. The maximum atomic E-state index is 12.3. The molecule has 0 atom stereocenters. The topological polar surface area (TPSA) is 83.8 Å². The van der Waals surface area contributed by atoms with Crippen LogP contribution in [0.3, 0.4) is 0 Å². The lowest BCUT2D eigenvalue weighted by Gasteiger charge is -2.37. The number of non-ortho nitro benzene ring substituents is 1. The molecule has 0 unspecified atom stereocenters. The van der Waals surface area contributed by atoms with Gasteiger partial charge in [0.05, 0.1) is 4.92 Å². The predicted octanol–water partition coefficient (Wildman–Crippen LogP) is 2.32. The van der Waals surface area contributed by atoms with E-state index in [2.05, 4.69) is 0 Å². The molecule has 1 heterocycles. The first kappa shape index (κ1) is 18.6. The summed E-state index contributed by atoms with van der Waals surface area (Å²) in [5, 5.41) is 10.8. The van der Waals surface area contributed by atoms with E-state index in [-0.39, 0.29) is 17.5 Å². The number of amides is 2. The molecule has 0 radical (unpaired) electrons. The van der Waals surface area contributed by atoms with Crippen molar-refractivity contribution >= 4 is 23.6 Å². The first-order valence-corrected chi connectivity index (χ1v) is 8.19. The van der Waals surface area contributed by atoms with Gasteiger partial charge in [0, 0.05) is 49.8 Å². The van der Waals surface area contributed by atoms with Gasteiger partial charge in [0.15, 0.2) is 0 Å². The van der Waals surface area contributed by atoms with E-state index < -0.39 is 10.3 Å². The molecular formula is C18H23N3O4. The van der Waals surface area contributed by atoms with Gasteiger partial charge in [0.2, 0.25) is 11.8 Å².